The van der Waals surface area contributed by atoms with E-state index in [2.05, 4.69) is 10.6 Å². The Bertz CT molecular complexity index is 699. The van der Waals surface area contributed by atoms with Crippen molar-refractivity contribution in [2.45, 2.75) is 19.1 Å². The summed E-state index contributed by atoms with van der Waals surface area (Å²) in [6.45, 7) is 1.39. The van der Waals surface area contributed by atoms with Gasteiger partial charge in [0.15, 0.2) is 0 Å². The van der Waals surface area contributed by atoms with E-state index in [0.717, 1.165) is 0 Å². The zero-order valence-corrected chi connectivity index (χ0v) is 12.4. The molecule has 0 radical (unpaired) electrons. The van der Waals surface area contributed by atoms with Crippen LogP contribution in [-0.4, -0.2) is 35.1 Å². The summed E-state index contributed by atoms with van der Waals surface area (Å²) in [4.78, 5) is 34.9. The molecule has 2 heterocycles. The number of rotatable bonds is 4. The van der Waals surface area contributed by atoms with Crippen molar-refractivity contribution in [3.05, 3.63) is 36.4 Å². The van der Waals surface area contributed by atoms with Crippen molar-refractivity contribution in [2.75, 3.05) is 10.6 Å². The highest BCUT2D eigenvalue weighted by Crippen LogP contribution is 2.39. The number of hydrogen-bond acceptors (Lipinski definition) is 4. The molecule has 1 aromatic rings. The number of amides is 2. The minimum Gasteiger partial charge on any atom is -0.481 e. The van der Waals surface area contributed by atoms with E-state index >= 15 is 0 Å². The largest absolute Gasteiger partial charge is 0.481 e. The molecule has 3 rings (SSSR count). The minimum atomic E-state index is -1.05. The lowest BCUT2D eigenvalue weighted by molar-refractivity contribution is -0.145. The quantitative estimate of drug-likeness (QED) is 0.725. The highest BCUT2D eigenvalue weighted by atomic mass is 16.5. The van der Waals surface area contributed by atoms with Gasteiger partial charge in [-0.25, -0.2) is 0 Å². The van der Waals surface area contributed by atoms with Gasteiger partial charge in [-0.1, -0.05) is 18.2 Å². The molecular formula is C16H16N2O5. The van der Waals surface area contributed by atoms with Gasteiger partial charge in [-0.05, 0) is 18.2 Å². The first-order chi connectivity index (χ1) is 11.0. The van der Waals surface area contributed by atoms with E-state index in [9.17, 15) is 19.5 Å². The Balaban J connectivity index is 1.75. The van der Waals surface area contributed by atoms with E-state index in [1.54, 1.807) is 36.4 Å². The molecule has 7 nitrogen and oxygen atoms in total. The number of carbonyl (C=O) groups is 3. The first-order valence-corrected chi connectivity index (χ1v) is 7.21. The first kappa shape index (κ1) is 15.2. The Morgan fingerprint density at radius 2 is 1.65 bits per heavy atom. The summed E-state index contributed by atoms with van der Waals surface area (Å²) in [6.07, 6.45) is 2.34. The molecule has 0 saturated carbocycles. The number of benzene rings is 1. The number of anilines is 2. The Morgan fingerprint density at radius 3 is 2.26 bits per heavy atom. The zero-order valence-electron chi connectivity index (χ0n) is 12.4. The number of hydrogen-bond donors (Lipinski definition) is 3. The van der Waals surface area contributed by atoms with Crippen molar-refractivity contribution < 1.29 is 24.2 Å². The maximum atomic E-state index is 12.5. The van der Waals surface area contributed by atoms with Crippen molar-refractivity contribution >= 4 is 29.2 Å². The SMILES string of the molecule is CC(=O)Nc1cccc(NC(=O)[C@@H]2[C@H](C(=O)O)[C@H]3C=C[C@H]2O3)c1. The van der Waals surface area contributed by atoms with Gasteiger partial charge in [0.2, 0.25) is 11.8 Å². The van der Waals surface area contributed by atoms with Gasteiger partial charge in [-0.2, -0.15) is 0 Å². The Hall–Kier alpha value is -2.67. The lowest BCUT2D eigenvalue weighted by atomic mass is 9.82. The van der Waals surface area contributed by atoms with Crippen LogP contribution in [0.3, 0.4) is 0 Å². The highest BCUT2D eigenvalue weighted by molar-refractivity contribution is 5.97. The van der Waals surface area contributed by atoms with Gasteiger partial charge in [-0.15, -0.1) is 0 Å². The van der Waals surface area contributed by atoms with Gasteiger partial charge in [-0.3, -0.25) is 14.4 Å². The minimum absolute atomic E-state index is 0.217. The third-order valence-electron chi connectivity index (χ3n) is 3.94. The molecule has 2 amide bonds. The number of nitrogens with one attached hydrogen (secondary N) is 2. The van der Waals surface area contributed by atoms with E-state index in [-0.39, 0.29) is 5.91 Å². The van der Waals surface area contributed by atoms with Crippen molar-refractivity contribution in [1.29, 1.82) is 0 Å². The molecule has 3 N–H and O–H groups in total. The second-order valence-corrected chi connectivity index (χ2v) is 5.59. The molecule has 23 heavy (non-hydrogen) atoms. The molecule has 2 aliphatic rings. The van der Waals surface area contributed by atoms with Crippen LogP contribution in [0.5, 0.6) is 0 Å². The molecule has 0 spiro atoms. The molecular weight excluding hydrogens is 300 g/mol. The molecule has 1 fully saturated rings. The summed E-state index contributed by atoms with van der Waals surface area (Å²) >= 11 is 0. The second-order valence-electron chi connectivity index (χ2n) is 5.59. The monoisotopic (exact) mass is 316 g/mol. The number of carboxylic acids is 1. The standard InChI is InChI=1S/C16H16N2O5/c1-8(19)17-9-3-2-4-10(7-9)18-15(20)13-11-5-6-12(23-11)14(13)16(21)22/h2-7,11-14H,1H3,(H,17,19)(H,18,20)(H,21,22)/t11-,12-,13+,14-/m1/s1. The van der Waals surface area contributed by atoms with Crippen LogP contribution in [-0.2, 0) is 19.1 Å². The first-order valence-electron chi connectivity index (χ1n) is 7.21. The highest BCUT2D eigenvalue weighted by Gasteiger charge is 2.53. The van der Waals surface area contributed by atoms with E-state index in [0.29, 0.717) is 11.4 Å². The van der Waals surface area contributed by atoms with Crippen LogP contribution < -0.4 is 10.6 Å². The van der Waals surface area contributed by atoms with E-state index in [1.165, 1.54) is 6.92 Å². The number of fused-ring (bicyclic) bond motifs is 2. The molecule has 4 atom stereocenters. The third-order valence-corrected chi connectivity index (χ3v) is 3.94. The number of aliphatic carboxylic acids is 1. The molecule has 0 aromatic heterocycles. The number of carbonyl (C=O) groups excluding carboxylic acids is 2. The van der Waals surface area contributed by atoms with E-state index in [1.807, 2.05) is 0 Å². The lowest BCUT2D eigenvalue weighted by Gasteiger charge is -2.21. The predicted octanol–water partition coefficient (Wildman–Crippen LogP) is 1.24. The summed E-state index contributed by atoms with van der Waals surface area (Å²) in [7, 11) is 0. The second kappa shape index (κ2) is 5.85. The maximum Gasteiger partial charge on any atom is 0.310 e. The topological polar surface area (TPSA) is 105 Å². The van der Waals surface area contributed by atoms with E-state index in [4.69, 9.17) is 4.74 Å². The summed E-state index contributed by atoms with van der Waals surface area (Å²) in [5.74, 6) is -3.33. The molecule has 120 valence electrons. The fourth-order valence-corrected chi connectivity index (χ4v) is 3.02. The third kappa shape index (κ3) is 2.95. The predicted molar refractivity (Wildman–Crippen MR) is 81.8 cm³/mol. The average Bonchev–Trinajstić information content (AvgIpc) is 3.07. The average molecular weight is 316 g/mol. The van der Waals surface area contributed by atoms with Crippen LogP contribution in [0.2, 0.25) is 0 Å². The molecule has 0 aliphatic carbocycles. The van der Waals surface area contributed by atoms with Crippen molar-refractivity contribution in [1.82, 2.24) is 0 Å². The van der Waals surface area contributed by atoms with Gasteiger partial charge in [0.25, 0.3) is 0 Å². The van der Waals surface area contributed by atoms with Gasteiger partial charge < -0.3 is 20.5 Å². The molecule has 7 heteroatoms. The van der Waals surface area contributed by atoms with Crippen molar-refractivity contribution in [3.63, 3.8) is 0 Å². The summed E-state index contributed by atoms with van der Waals surface area (Å²) in [5, 5.41) is 14.6. The van der Waals surface area contributed by atoms with Gasteiger partial charge >= 0.3 is 5.97 Å². The smallest absolute Gasteiger partial charge is 0.310 e. The van der Waals surface area contributed by atoms with Gasteiger partial charge in [0, 0.05) is 18.3 Å². The van der Waals surface area contributed by atoms with Crippen LogP contribution in [0.4, 0.5) is 11.4 Å². The number of carboxylic acid groups (broad SMARTS) is 1. The summed E-state index contributed by atoms with van der Waals surface area (Å²) in [6, 6.07) is 6.66. The molecule has 0 unspecified atom stereocenters. The van der Waals surface area contributed by atoms with Crippen molar-refractivity contribution in [2.24, 2.45) is 11.8 Å². The zero-order chi connectivity index (χ0) is 16.6. The van der Waals surface area contributed by atoms with Crippen LogP contribution >= 0.6 is 0 Å². The van der Waals surface area contributed by atoms with Crippen LogP contribution in [0.1, 0.15) is 6.92 Å². The fourth-order valence-electron chi connectivity index (χ4n) is 3.02. The van der Waals surface area contributed by atoms with Crippen LogP contribution in [0.25, 0.3) is 0 Å². The fraction of sp³-hybridized carbons (Fsp3) is 0.312. The molecule has 2 aliphatic heterocycles. The normalized spacial score (nSPS) is 27.7. The summed E-state index contributed by atoms with van der Waals surface area (Å²) < 4.78 is 5.48. The lowest BCUT2D eigenvalue weighted by Crippen LogP contribution is -2.39. The maximum absolute atomic E-state index is 12.5. The van der Waals surface area contributed by atoms with Gasteiger partial charge in [0.1, 0.15) is 5.92 Å². The van der Waals surface area contributed by atoms with E-state index < -0.39 is 35.9 Å². The Morgan fingerprint density at radius 1 is 1.04 bits per heavy atom. The van der Waals surface area contributed by atoms with Crippen molar-refractivity contribution in [3.8, 4) is 0 Å². The Labute approximate surface area is 132 Å². The van der Waals surface area contributed by atoms with Gasteiger partial charge in [0.05, 0.1) is 18.1 Å². The number of ether oxygens (including phenoxy) is 1. The Kier molecular flexibility index (Phi) is 3.87. The summed E-state index contributed by atoms with van der Waals surface area (Å²) in [5.41, 5.74) is 1.03. The molecule has 1 aromatic carbocycles. The molecule has 1 saturated heterocycles. The van der Waals surface area contributed by atoms with Crippen LogP contribution in [0.15, 0.2) is 36.4 Å². The molecule has 2 bridgehead atoms. The van der Waals surface area contributed by atoms with Crippen LogP contribution in [0, 0.1) is 11.8 Å².